The number of rotatable bonds is 5. The fraction of sp³-hybridized carbons (Fsp3) is 0.276. The van der Waals surface area contributed by atoms with Crippen LogP contribution in [0.5, 0.6) is 11.5 Å². The maximum absolute atomic E-state index is 13.1. The minimum absolute atomic E-state index is 0.133. The Bertz CT molecular complexity index is 1580. The summed E-state index contributed by atoms with van der Waals surface area (Å²) >= 11 is 0. The first-order chi connectivity index (χ1) is 18.9. The van der Waals surface area contributed by atoms with E-state index in [-0.39, 0.29) is 17.3 Å². The summed E-state index contributed by atoms with van der Waals surface area (Å²) in [6, 6.07) is 17.4. The van der Waals surface area contributed by atoms with Crippen molar-refractivity contribution in [3.8, 4) is 28.6 Å². The molecule has 5 heterocycles. The summed E-state index contributed by atoms with van der Waals surface area (Å²) in [7, 11) is 3.79. The van der Waals surface area contributed by atoms with Gasteiger partial charge in [-0.3, -0.25) is 4.79 Å². The molecule has 10 nitrogen and oxygen atoms in total. The predicted octanol–water partition coefficient (Wildman–Crippen LogP) is 3.42. The monoisotopic (exact) mass is 523 g/mol. The Morgan fingerprint density at radius 3 is 2.62 bits per heavy atom. The summed E-state index contributed by atoms with van der Waals surface area (Å²) in [5.41, 5.74) is 11.4. The minimum atomic E-state index is -0.323. The van der Waals surface area contributed by atoms with Crippen LogP contribution in [0.4, 0.5) is 17.2 Å². The zero-order chi connectivity index (χ0) is 26.7. The highest BCUT2D eigenvalue weighted by molar-refractivity contribution is 6.07. The van der Waals surface area contributed by atoms with Crippen LogP contribution in [0.1, 0.15) is 15.9 Å². The van der Waals surface area contributed by atoms with Crippen LogP contribution in [0.15, 0.2) is 60.8 Å². The molecule has 7 rings (SSSR count). The maximum Gasteiger partial charge on any atom is 0.261 e. The van der Waals surface area contributed by atoms with E-state index < -0.39 is 0 Å². The number of carbonyl (C=O) groups is 1. The van der Waals surface area contributed by atoms with Crippen LogP contribution in [0.2, 0.25) is 0 Å². The van der Waals surface area contributed by atoms with Crippen LogP contribution in [0.25, 0.3) is 17.1 Å². The van der Waals surface area contributed by atoms with E-state index in [0.29, 0.717) is 35.0 Å². The van der Waals surface area contributed by atoms with E-state index in [1.165, 1.54) is 23.5 Å². The van der Waals surface area contributed by atoms with Gasteiger partial charge in [-0.2, -0.15) is 0 Å². The molecule has 4 aromatic rings. The number of nitrogens with two attached hydrogens (primary N) is 1. The summed E-state index contributed by atoms with van der Waals surface area (Å²) < 4.78 is 12.7. The molecule has 3 aliphatic rings. The van der Waals surface area contributed by atoms with Crippen LogP contribution in [0, 0.1) is 5.41 Å². The molecule has 0 bridgehead atoms. The Balaban J connectivity index is 1.07. The van der Waals surface area contributed by atoms with Gasteiger partial charge in [0.15, 0.2) is 11.6 Å². The molecule has 0 aliphatic carbocycles. The number of anilines is 3. The lowest BCUT2D eigenvalue weighted by Crippen LogP contribution is -2.71. The Morgan fingerprint density at radius 2 is 1.87 bits per heavy atom. The zero-order valence-corrected chi connectivity index (χ0v) is 21.8. The Labute approximate surface area is 225 Å². The lowest BCUT2D eigenvalue weighted by atomic mass is 9.73. The lowest BCUT2D eigenvalue weighted by Gasteiger charge is -2.60. The molecular formula is C29H29N7O3. The zero-order valence-electron chi connectivity index (χ0n) is 21.8. The summed E-state index contributed by atoms with van der Waals surface area (Å²) in [6.45, 7) is 4.92. The van der Waals surface area contributed by atoms with E-state index in [4.69, 9.17) is 20.2 Å². The summed E-state index contributed by atoms with van der Waals surface area (Å²) in [6.07, 6.45) is 1.61. The molecule has 1 amide bonds. The van der Waals surface area contributed by atoms with Gasteiger partial charge in [0.2, 0.25) is 0 Å². The lowest BCUT2D eigenvalue weighted by molar-refractivity contribution is -0.00238. The molecule has 3 aliphatic heterocycles. The van der Waals surface area contributed by atoms with E-state index in [1.54, 1.807) is 13.3 Å². The first-order valence-electron chi connectivity index (χ1n) is 12.9. The number of hydrogen-bond donors (Lipinski definition) is 2. The first-order valence-corrected chi connectivity index (χ1v) is 12.9. The molecule has 0 unspecified atom stereocenters. The van der Waals surface area contributed by atoms with Crippen molar-refractivity contribution in [1.82, 2.24) is 19.7 Å². The number of fused-ring (bicyclic) bond motifs is 3. The number of likely N-dealkylation sites (tertiary alicyclic amines) is 1. The van der Waals surface area contributed by atoms with Gasteiger partial charge in [-0.05, 0) is 55.6 Å². The van der Waals surface area contributed by atoms with Crippen molar-refractivity contribution >= 4 is 23.1 Å². The summed E-state index contributed by atoms with van der Waals surface area (Å²) in [5, 5.41) is 7.31. The number of ether oxygens (including phenoxy) is 2. The topological polar surface area (TPSA) is 111 Å². The van der Waals surface area contributed by atoms with Crippen molar-refractivity contribution in [3.63, 3.8) is 0 Å². The van der Waals surface area contributed by atoms with Gasteiger partial charge < -0.3 is 30.3 Å². The standard InChI is InChI=1S/C29H29N7O3/c1-34-14-29(15-34)16-35(17-29)20-6-4-19(5-7-20)31-28(37)23-12-36(33-27(23)30)25-10-3-18-13-39-24-11-21(38-2)8-9-22(24)26(18)32-25/h3-12H,13-17H2,1-2H3,(H2,30,33)(H,31,37). The largest absolute Gasteiger partial charge is 0.497 e. The highest BCUT2D eigenvalue weighted by atomic mass is 16.5. The number of nitrogen functional groups attached to an aromatic ring is 1. The molecule has 1 spiro atoms. The van der Waals surface area contributed by atoms with Gasteiger partial charge in [-0.25, -0.2) is 9.67 Å². The maximum atomic E-state index is 13.1. The molecule has 2 fully saturated rings. The average Bonchev–Trinajstić information content (AvgIpc) is 3.31. The highest BCUT2D eigenvalue weighted by Gasteiger charge is 2.50. The normalized spacial score (nSPS) is 16.9. The molecule has 0 saturated carbocycles. The third-order valence-electron chi connectivity index (χ3n) is 7.77. The average molecular weight is 524 g/mol. The second kappa shape index (κ2) is 8.74. The van der Waals surface area contributed by atoms with Crippen molar-refractivity contribution in [2.45, 2.75) is 6.61 Å². The van der Waals surface area contributed by atoms with Gasteiger partial charge in [0.1, 0.15) is 23.7 Å². The van der Waals surface area contributed by atoms with E-state index in [9.17, 15) is 4.79 Å². The molecule has 2 aromatic carbocycles. The second-order valence-electron chi connectivity index (χ2n) is 10.7. The number of amides is 1. The van der Waals surface area contributed by atoms with E-state index in [1.807, 2.05) is 54.6 Å². The Morgan fingerprint density at radius 1 is 1.08 bits per heavy atom. The predicted molar refractivity (Wildman–Crippen MR) is 149 cm³/mol. The molecule has 39 heavy (non-hydrogen) atoms. The van der Waals surface area contributed by atoms with E-state index >= 15 is 0 Å². The van der Waals surface area contributed by atoms with Gasteiger partial charge in [0, 0.05) is 66.4 Å². The van der Waals surface area contributed by atoms with Gasteiger partial charge in [-0.15, -0.1) is 5.10 Å². The highest BCUT2D eigenvalue weighted by Crippen LogP contribution is 2.41. The molecule has 10 heteroatoms. The molecule has 0 radical (unpaired) electrons. The molecular weight excluding hydrogens is 494 g/mol. The molecule has 3 N–H and O–H groups in total. The minimum Gasteiger partial charge on any atom is -0.497 e. The first kappa shape index (κ1) is 23.5. The van der Waals surface area contributed by atoms with Crippen LogP contribution >= 0.6 is 0 Å². The van der Waals surface area contributed by atoms with Crippen molar-refractivity contribution in [2.75, 3.05) is 56.3 Å². The number of nitrogens with one attached hydrogen (secondary N) is 1. The van der Waals surface area contributed by atoms with Crippen LogP contribution in [-0.4, -0.2) is 65.9 Å². The summed E-state index contributed by atoms with van der Waals surface area (Å²) in [4.78, 5) is 22.6. The third-order valence-corrected chi connectivity index (χ3v) is 7.77. The smallest absolute Gasteiger partial charge is 0.261 e. The molecule has 2 aromatic heterocycles. The van der Waals surface area contributed by atoms with Gasteiger partial charge in [0.05, 0.1) is 12.8 Å². The quantitative estimate of drug-likeness (QED) is 0.410. The number of nitrogens with zero attached hydrogens (tertiary/aromatic N) is 5. The number of benzene rings is 2. The fourth-order valence-corrected chi connectivity index (χ4v) is 5.93. The number of hydrogen-bond acceptors (Lipinski definition) is 8. The van der Waals surface area contributed by atoms with Gasteiger partial charge in [0.25, 0.3) is 5.91 Å². The Kier molecular flexibility index (Phi) is 5.27. The van der Waals surface area contributed by atoms with Gasteiger partial charge in [-0.1, -0.05) is 0 Å². The number of carbonyl (C=O) groups excluding carboxylic acids is 1. The Hall–Kier alpha value is -4.57. The van der Waals surface area contributed by atoms with Crippen molar-refractivity contribution in [3.05, 3.63) is 71.9 Å². The fourth-order valence-electron chi connectivity index (χ4n) is 5.93. The number of aromatic nitrogens is 3. The second-order valence-corrected chi connectivity index (χ2v) is 10.7. The summed E-state index contributed by atoms with van der Waals surface area (Å²) in [5.74, 6) is 1.79. The van der Waals surface area contributed by atoms with Crippen molar-refractivity contribution in [2.24, 2.45) is 5.41 Å². The van der Waals surface area contributed by atoms with E-state index in [2.05, 4.69) is 27.3 Å². The third kappa shape index (κ3) is 4.04. The van der Waals surface area contributed by atoms with Crippen LogP contribution in [-0.2, 0) is 6.61 Å². The molecule has 198 valence electrons. The van der Waals surface area contributed by atoms with Crippen LogP contribution in [0.3, 0.4) is 0 Å². The molecule has 0 atom stereocenters. The van der Waals surface area contributed by atoms with Gasteiger partial charge >= 0.3 is 0 Å². The number of methoxy groups -OCH3 is 1. The van der Waals surface area contributed by atoms with E-state index in [0.717, 1.165) is 29.9 Å². The number of pyridine rings is 1. The van der Waals surface area contributed by atoms with Crippen molar-refractivity contribution in [1.29, 1.82) is 0 Å². The van der Waals surface area contributed by atoms with Crippen molar-refractivity contribution < 1.29 is 14.3 Å². The SMILES string of the molecule is COc1ccc2c(c1)OCc1ccc(-n3cc(C(=O)Nc4ccc(N5CC6(CN(C)C6)C5)cc4)c(N)n3)nc1-2. The van der Waals surface area contributed by atoms with Crippen LogP contribution < -0.4 is 25.4 Å². The molecule has 2 saturated heterocycles.